The number of carbonyl (C=O) groups excluding carboxylic acids is 2. The third kappa shape index (κ3) is 17.9. The molecule has 2 aliphatic rings. The Hall–Kier alpha value is -4.53. The van der Waals surface area contributed by atoms with Gasteiger partial charge < -0.3 is 34.5 Å². The number of hydrogen-bond acceptors (Lipinski definition) is 12. The van der Waals surface area contributed by atoms with Gasteiger partial charge in [0.25, 0.3) is 0 Å². The molecule has 344 valence electrons. The number of hydrogen-bond donors (Lipinski definition) is 3. The van der Waals surface area contributed by atoms with Crippen molar-refractivity contribution in [3.63, 3.8) is 0 Å². The van der Waals surface area contributed by atoms with Gasteiger partial charge in [-0.2, -0.15) is 0 Å². The molecule has 0 saturated carbocycles. The van der Waals surface area contributed by atoms with E-state index in [1.165, 1.54) is 36.4 Å². The van der Waals surface area contributed by atoms with E-state index in [9.17, 15) is 19.8 Å². The van der Waals surface area contributed by atoms with Crippen LogP contribution in [0.15, 0.2) is 84.9 Å². The van der Waals surface area contributed by atoms with Crippen molar-refractivity contribution in [3.05, 3.63) is 118 Å². The summed E-state index contributed by atoms with van der Waals surface area (Å²) >= 11 is 5.40. The average Bonchev–Trinajstić information content (AvgIpc) is 0.762. The van der Waals surface area contributed by atoms with Gasteiger partial charge in [0.15, 0.2) is 34.6 Å². The van der Waals surface area contributed by atoms with Gasteiger partial charge in [0, 0.05) is 100 Å². The number of benzene rings is 4. The Labute approximate surface area is 422 Å². The Morgan fingerprint density at radius 1 is 0.667 bits per heavy atom. The van der Waals surface area contributed by atoms with Crippen LogP contribution in [0.4, 0.5) is 0 Å². The van der Waals surface area contributed by atoms with Gasteiger partial charge in [-0.1, -0.05) is 60.6 Å². The third-order valence-corrected chi connectivity index (χ3v) is 9.26. The normalized spacial score (nSPS) is 25.6. The van der Waals surface area contributed by atoms with Gasteiger partial charge >= 0.3 is 0 Å². The molecule has 4 aromatic rings. The number of carbonyl (C=O) groups is 2. The molecule has 2 unspecified atom stereocenters. The van der Waals surface area contributed by atoms with Gasteiger partial charge in [-0.25, -0.2) is 0 Å². The topological polar surface area (TPSA) is 133 Å². The number of halogens is 1. The molecule has 2 aliphatic heterocycles. The van der Waals surface area contributed by atoms with E-state index in [2.05, 4.69) is 5.32 Å². The van der Waals surface area contributed by atoms with E-state index in [0.29, 0.717) is 13.1 Å². The van der Waals surface area contributed by atoms with Crippen LogP contribution in [0.5, 0.6) is 23.0 Å². The second-order valence-electron chi connectivity index (χ2n) is 13.5. The van der Waals surface area contributed by atoms with Crippen molar-refractivity contribution in [1.29, 1.82) is 0 Å². The largest absolute Gasteiger partial charge is 0.493 e. The predicted octanol–water partition coefficient (Wildman–Crippen LogP) is 5.48. The summed E-state index contributed by atoms with van der Waals surface area (Å²) in [6, 6.07) is 13.9. The maximum absolute atomic E-state index is 13.1. The molecule has 2 saturated heterocycles. The molecule has 2 heterocycles. The summed E-state index contributed by atoms with van der Waals surface area (Å²) in [5.74, 6) is -2.95. The van der Waals surface area contributed by atoms with Gasteiger partial charge in [0.1, 0.15) is 25.3 Å². The first kappa shape index (κ1) is 23.1. The minimum atomic E-state index is -3.58. The summed E-state index contributed by atoms with van der Waals surface area (Å²) in [5.41, 5.74) is -1.66. The Morgan fingerprint density at radius 2 is 1.08 bits per heavy atom. The van der Waals surface area contributed by atoms with E-state index in [0.717, 1.165) is 46.2 Å². The number of Topliss-reactive ketones (excluding diaryl/α,β-unsaturated/α-hetero) is 2. The fraction of sp³-hybridized carbons (Fsp3) is 0.480. The number of aryl methyl sites for hydroxylation is 4. The summed E-state index contributed by atoms with van der Waals surface area (Å²) in [5, 5.41) is 24.4. The van der Waals surface area contributed by atoms with Gasteiger partial charge in [-0.15, -0.1) is 11.6 Å². The number of methoxy groups -OCH3 is 2. The minimum Gasteiger partial charge on any atom is -0.493 e. The van der Waals surface area contributed by atoms with Crippen LogP contribution in [0.1, 0.15) is 74.5 Å². The lowest BCUT2D eigenvalue weighted by Gasteiger charge is -2.35. The standard InChI is InChI=1S/C25H34N2O4.C14H22N2O3.C11H13ClO/c1-19-7-6-8-20(2)23(19)15-21(28)16-26-11-13-27(14-12-26)17-22(29)18-31-25-10-5-4-9-24(25)30-3;1-18-13-4-2-3-5-14(13)19-11-12(17)10-16-8-6-15-7-9-16;1-8-4-3-5-9(2)11(8)6-10(13)7-12/h4-10,22,29H,11-18H2,1-3H3;2-5,12,15,17H,6-11H2,1H3;3-5H,6-7H2,1-2H3/i1D3,2D3,3D3,6D,17D2,18D2,22D;1D3,10D2,11D2,12D;1D3,2D3,3D. The van der Waals surface area contributed by atoms with Crippen molar-refractivity contribution < 1.29 is 79.9 Å². The molecule has 6 rings (SSSR count). The molecule has 0 spiro atoms. The lowest BCUT2D eigenvalue weighted by atomic mass is 9.98. The van der Waals surface area contributed by atoms with E-state index in [1.807, 2.05) is 0 Å². The van der Waals surface area contributed by atoms with E-state index in [-0.39, 0.29) is 104 Å². The number of alkyl halides is 1. The van der Waals surface area contributed by atoms with Crippen molar-refractivity contribution in [2.24, 2.45) is 0 Å². The van der Waals surface area contributed by atoms with E-state index >= 15 is 0 Å². The molecular formula is C50H69ClN4O8. The van der Waals surface area contributed by atoms with Crippen molar-refractivity contribution >= 4 is 23.2 Å². The number of piperazine rings is 2. The van der Waals surface area contributed by atoms with Crippen LogP contribution in [0.3, 0.4) is 0 Å². The third-order valence-electron chi connectivity index (χ3n) is 8.96. The van der Waals surface area contributed by atoms with Crippen molar-refractivity contribution in [2.45, 2.75) is 52.4 Å². The molecule has 12 nitrogen and oxygen atoms in total. The average molecular weight is 920 g/mol. The van der Waals surface area contributed by atoms with E-state index < -0.39 is 120 Å². The highest BCUT2D eigenvalue weighted by Crippen LogP contribution is 2.27. The van der Waals surface area contributed by atoms with Crippen LogP contribution in [0.25, 0.3) is 0 Å². The number of para-hydroxylation sites is 4. The van der Waals surface area contributed by atoms with Gasteiger partial charge in [-0.3, -0.25) is 24.3 Å². The molecule has 2 fully saturated rings. The number of β-amino-alcohol motifs (C(OH)–C–C–N with tert-alkyl or cyclic N) is 2. The van der Waals surface area contributed by atoms with Crippen LogP contribution in [0, 0.1) is 27.4 Å². The van der Waals surface area contributed by atoms with Crippen molar-refractivity contribution in [3.8, 4) is 23.0 Å². The molecular weight excluding hydrogens is 820 g/mol. The Kier molecular flexibility index (Phi) is 10.1. The first-order chi connectivity index (χ1) is 42.0. The fourth-order valence-electron chi connectivity index (χ4n) is 5.77. The Balaban J connectivity index is 0.000000330. The summed E-state index contributed by atoms with van der Waals surface area (Å²) in [6.45, 7) is -22.7. The molecule has 0 radical (unpaired) electrons. The Bertz CT molecular complexity index is 3120. The molecule has 4 aromatic carbocycles. The Morgan fingerprint density at radius 3 is 1.51 bits per heavy atom. The monoisotopic (exact) mass is 919 g/mol. The maximum Gasteiger partial charge on any atom is 0.161 e. The number of rotatable bonds is 19. The first-order valence-corrected chi connectivity index (χ1v) is 19.7. The number of aliphatic hydroxyl groups is 2. The van der Waals surface area contributed by atoms with Gasteiger partial charge in [0.05, 0.1) is 45.7 Å². The zero-order valence-corrected chi connectivity index (χ0v) is 34.7. The molecule has 0 amide bonds. The smallest absolute Gasteiger partial charge is 0.161 e. The van der Waals surface area contributed by atoms with Crippen LogP contribution in [0.2, 0.25) is 0 Å². The second-order valence-corrected chi connectivity index (χ2v) is 13.8. The van der Waals surface area contributed by atoms with Gasteiger partial charge in [-0.05, 0) is 85.1 Å². The van der Waals surface area contributed by atoms with Crippen LogP contribution < -0.4 is 24.3 Å². The second kappa shape index (κ2) is 27.6. The quantitative estimate of drug-likeness (QED) is 0.103. The minimum absolute atomic E-state index is 0.00432. The summed E-state index contributed by atoms with van der Waals surface area (Å²) in [4.78, 5) is 28.3. The lowest BCUT2D eigenvalue weighted by molar-refractivity contribution is -0.120. The maximum atomic E-state index is 13.1. The molecule has 2 atom stereocenters. The molecule has 3 N–H and O–H groups in total. The number of nitrogens with one attached hydrogen (secondary N) is 1. The fourth-order valence-corrected chi connectivity index (χ4v) is 5.86. The van der Waals surface area contributed by atoms with E-state index in [4.69, 9.17) is 71.7 Å². The SMILES string of the molecule is [2H]C([2H])([2H])Oc1ccccc1OC([2H])([2H])C([2H])(O)C([2H])([2H])N1CCNCC1.[2H]c1cc(C([2H])([2H])[2H])c(CC(=O)CCl)c(C([2H])([2H])[2H])c1.[2H]c1cc(C([2H])([2H])[2H])c(CC(=O)CN2CCN(C([2H])([2H])C([2H])(O)C([2H])([2H])Oc3ccccc3OC([2H])([2H])[2H])CC2)c(C([2H])([2H])[2H])c1. The van der Waals surface area contributed by atoms with Crippen LogP contribution >= 0.6 is 11.6 Å². The van der Waals surface area contributed by atoms with Crippen LogP contribution in [-0.2, 0) is 22.4 Å². The first-order valence-electron chi connectivity index (χ1n) is 34.2. The predicted molar refractivity (Wildman–Crippen MR) is 251 cm³/mol. The highest BCUT2D eigenvalue weighted by Gasteiger charge is 2.22. The van der Waals surface area contributed by atoms with Crippen molar-refractivity contribution in [2.75, 3.05) is 105 Å². The summed E-state index contributed by atoms with van der Waals surface area (Å²) in [6.07, 6.45) is -7.82. The summed E-state index contributed by atoms with van der Waals surface area (Å²) in [7, 11) is -5.75. The number of ether oxygens (including phenoxy) is 4. The molecule has 13 heteroatoms. The van der Waals surface area contributed by atoms with Crippen LogP contribution in [-0.4, -0.2) is 154 Å². The number of nitrogens with zero attached hydrogens (tertiary/aromatic N) is 3. The molecule has 0 aliphatic carbocycles. The molecule has 63 heavy (non-hydrogen) atoms. The summed E-state index contributed by atoms with van der Waals surface area (Å²) < 4.78 is 252. The molecule has 0 aromatic heterocycles. The zero-order chi connectivity index (χ0) is 71.3. The van der Waals surface area contributed by atoms with E-state index in [1.54, 1.807) is 4.90 Å². The highest BCUT2D eigenvalue weighted by molar-refractivity contribution is 6.27. The lowest BCUT2D eigenvalue weighted by Crippen LogP contribution is -2.50. The zero-order valence-electron chi connectivity index (χ0n) is 64.0. The van der Waals surface area contributed by atoms with Gasteiger partial charge in [0.2, 0.25) is 0 Å². The highest BCUT2D eigenvalue weighted by atomic mass is 35.5. The van der Waals surface area contributed by atoms with Crippen molar-refractivity contribution in [1.82, 2.24) is 20.0 Å². The molecule has 0 bridgehead atoms. The number of ketones is 2.